The number of carbonyl (C=O) groups is 2. The molecule has 2 aliphatic rings. The largest absolute Gasteiger partial charge is 0.302 e. The molecule has 114 valence electrons. The number of nitrogens with one attached hydrogen (secondary N) is 1. The van der Waals surface area contributed by atoms with E-state index in [0.717, 1.165) is 32.1 Å². The number of likely N-dealkylation sites (tertiary alicyclic amines) is 1. The highest BCUT2D eigenvalue weighted by molar-refractivity contribution is 6.05. The molecule has 0 radical (unpaired) electrons. The molecule has 0 aromatic carbocycles. The second-order valence-corrected chi connectivity index (χ2v) is 6.58. The Balaban J connectivity index is 2.00. The number of hydrogen-bond acceptors (Lipinski definition) is 3. The van der Waals surface area contributed by atoms with E-state index in [2.05, 4.69) is 26.1 Å². The Hall–Kier alpha value is -0.900. The van der Waals surface area contributed by atoms with Crippen molar-refractivity contribution in [3.8, 4) is 0 Å². The summed E-state index contributed by atoms with van der Waals surface area (Å²) in [5.41, 5.74) is 0. The van der Waals surface area contributed by atoms with Crippen molar-refractivity contribution in [2.45, 2.75) is 83.8 Å². The Morgan fingerprint density at radius 1 is 1.20 bits per heavy atom. The van der Waals surface area contributed by atoms with Crippen molar-refractivity contribution in [1.82, 2.24) is 10.2 Å². The van der Waals surface area contributed by atoms with Crippen LogP contribution in [-0.2, 0) is 9.59 Å². The molecule has 1 aliphatic carbocycles. The van der Waals surface area contributed by atoms with E-state index in [1.807, 2.05) is 0 Å². The van der Waals surface area contributed by atoms with Crippen molar-refractivity contribution in [3.05, 3.63) is 0 Å². The van der Waals surface area contributed by atoms with Gasteiger partial charge in [-0.2, -0.15) is 0 Å². The van der Waals surface area contributed by atoms with Gasteiger partial charge in [0.1, 0.15) is 0 Å². The summed E-state index contributed by atoms with van der Waals surface area (Å²) in [5, 5.41) is 3.40. The first kappa shape index (κ1) is 15.5. The fourth-order valence-electron chi connectivity index (χ4n) is 3.54. The van der Waals surface area contributed by atoms with Gasteiger partial charge in [0.2, 0.25) is 11.8 Å². The Labute approximate surface area is 122 Å². The molecule has 2 amide bonds. The molecule has 2 unspecified atom stereocenters. The number of carbonyl (C=O) groups excluding carboxylic acids is 2. The molecule has 0 spiro atoms. The monoisotopic (exact) mass is 280 g/mol. The summed E-state index contributed by atoms with van der Waals surface area (Å²) in [5.74, 6) is 0.519. The van der Waals surface area contributed by atoms with Crippen molar-refractivity contribution >= 4 is 11.8 Å². The summed E-state index contributed by atoms with van der Waals surface area (Å²) in [6.07, 6.45) is 6.83. The van der Waals surface area contributed by atoms with Crippen LogP contribution in [0.3, 0.4) is 0 Å². The Morgan fingerprint density at radius 2 is 1.85 bits per heavy atom. The van der Waals surface area contributed by atoms with E-state index < -0.39 is 0 Å². The predicted octanol–water partition coefficient (Wildman–Crippen LogP) is 2.47. The van der Waals surface area contributed by atoms with E-state index in [0.29, 0.717) is 18.4 Å². The topological polar surface area (TPSA) is 49.4 Å². The average molecular weight is 280 g/mol. The molecule has 0 aromatic rings. The van der Waals surface area contributed by atoms with Gasteiger partial charge in [-0.1, -0.05) is 40.0 Å². The van der Waals surface area contributed by atoms with Crippen molar-refractivity contribution in [2.75, 3.05) is 0 Å². The molecule has 2 fully saturated rings. The Morgan fingerprint density at radius 3 is 2.40 bits per heavy atom. The average Bonchev–Trinajstić information content (AvgIpc) is 2.71. The predicted molar refractivity (Wildman–Crippen MR) is 79.2 cm³/mol. The van der Waals surface area contributed by atoms with Crippen molar-refractivity contribution in [3.63, 3.8) is 0 Å². The van der Waals surface area contributed by atoms with Crippen LogP contribution < -0.4 is 5.32 Å². The van der Waals surface area contributed by atoms with Crippen LogP contribution in [0, 0.1) is 5.92 Å². The molecule has 20 heavy (non-hydrogen) atoms. The van der Waals surface area contributed by atoms with Gasteiger partial charge in [-0.25, -0.2) is 0 Å². The first-order chi connectivity index (χ1) is 9.54. The van der Waals surface area contributed by atoms with E-state index in [-0.39, 0.29) is 23.9 Å². The fourth-order valence-corrected chi connectivity index (χ4v) is 3.54. The highest BCUT2D eigenvalue weighted by Gasteiger charge is 2.43. The Kier molecular flexibility index (Phi) is 5.19. The standard InChI is InChI=1S/C16H28N2O2/c1-4-13(11(2)3)17-14-10-15(19)18(16(14)20)12-8-6-5-7-9-12/h11-14,17H,4-10H2,1-3H3. The van der Waals surface area contributed by atoms with Gasteiger partial charge in [0, 0.05) is 12.1 Å². The van der Waals surface area contributed by atoms with Gasteiger partial charge < -0.3 is 5.32 Å². The van der Waals surface area contributed by atoms with Gasteiger partial charge in [-0.15, -0.1) is 0 Å². The third-order valence-corrected chi connectivity index (χ3v) is 4.78. The lowest BCUT2D eigenvalue weighted by Crippen LogP contribution is -2.48. The smallest absolute Gasteiger partial charge is 0.247 e. The summed E-state index contributed by atoms with van der Waals surface area (Å²) in [6, 6.07) is 0.175. The van der Waals surface area contributed by atoms with Crippen LogP contribution in [0.4, 0.5) is 0 Å². The van der Waals surface area contributed by atoms with E-state index in [4.69, 9.17) is 0 Å². The van der Waals surface area contributed by atoms with Gasteiger partial charge >= 0.3 is 0 Å². The van der Waals surface area contributed by atoms with Crippen LogP contribution >= 0.6 is 0 Å². The van der Waals surface area contributed by atoms with Crippen LogP contribution in [0.15, 0.2) is 0 Å². The van der Waals surface area contributed by atoms with Crippen molar-refractivity contribution < 1.29 is 9.59 Å². The van der Waals surface area contributed by atoms with Crippen molar-refractivity contribution in [2.24, 2.45) is 5.92 Å². The lowest BCUT2D eigenvalue weighted by Gasteiger charge is -2.30. The minimum absolute atomic E-state index is 0.0148. The SMILES string of the molecule is CCC(NC1CC(=O)N(C2CCCCC2)C1=O)C(C)C. The molecule has 0 bridgehead atoms. The zero-order valence-corrected chi connectivity index (χ0v) is 13.0. The van der Waals surface area contributed by atoms with Gasteiger partial charge in [-0.05, 0) is 25.2 Å². The van der Waals surface area contributed by atoms with Crippen LogP contribution in [0.2, 0.25) is 0 Å². The normalized spacial score (nSPS) is 26.6. The summed E-state index contributed by atoms with van der Waals surface area (Å²) >= 11 is 0. The number of rotatable bonds is 5. The number of hydrogen-bond donors (Lipinski definition) is 1. The molecule has 1 heterocycles. The third kappa shape index (κ3) is 3.22. The number of nitrogens with zero attached hydrogens (tertiary/aromatic N) is 1. The zero-order valence-electron chi connectivity index (χ0n) is 13.0. The van der Waals surface area contributed by atoms with Crippen LogP contribution in [0.1, 0.15) is 65.7 Å². The molecule has 0 aromatic heterocycles. The van der Waals surface area contributed by atoms with Gasteiger partial charge in [0.25, 0.3) is 0 Å². The van der Waals surface area contributed by atoms with E-state index in [1.165, 1.54) is 6.42 Å². The van der Waals surface area contributed by atoms with E-state index in [1.54, 1.807) is 4.90 Å². The maximum Gasteiger partial charge on any atom is 0.247 e. The minimum atomic E-state index is -0.295. The summed E-state index contributed by atoms with van der Waals surface area (Å²) in [7, 11) is 0. The van der Waals surface area contributed by atoms with Crippen LogP contribution in [0.25, 0.3) is 0 Å². The van der Waals surface area contributed by atoms with E-state index >= 15 is 0 Å². The first-order valence-corrected chi connectivity index (χ1v) is 8.16. The molecular weight excluding hydrogens is 252 g/mol. The molecule has 4 heteroatoms. The molecular formula is C16H28N2O2. The molecule has 2 atom stereocenters. The third-order valence-electron chi connectivity index (χ3n) is 4.78. The maximum atomic E-state index is 12.5. The van der Waals surface area contributed by atoms with E-state index in [9.17, 15) is 9.59 Å². The minimum Gasteiger partial charge on any atom is -0.302 e. The number of amides is 2. The highest BCUT2D eigenvalue weighted by atomic mass is 16.2. The fraction of sp³-hybridized carbons (Fsp3) is 0.875. The van der Waals surface area contributed by atoms with Crippen LogP contribution in [-0.4, -0.2) is 34.8 Å². The first-order valence-electron chi connectivity index (χ1n) is 8.16. The van der Waals surface area contributed by atoms with Gasteiger partial charge in [-0.3, -0.25) is 14.5 Å². The quantitative estimate of drug-likeness (QED) is 0.787. The van der Waals surface area contributed by atoms with Gasteiger partial charge in [0.05, 0.1) is 12.5 Å². The molecule has 1 saturated heterocycles. The summed E-state index contributed by atoms with van der Waals surface area (Å²) in [4.78, 5) is 26.3. The molecule has 2 rings (SSSR count). The second-order valence-electron chi connectivity index (χ2n) is 6.58. The lowest BCUT2D eigenvalue weighted by molar-refractivity contribution is -0.142. The summed E-state index contributed by atoms with van der Waals surface area (Å²) < 4.78 is 0. The zero-order chi connectivity index (χ0) is 14.7. The molecule has 1 aliphatic heterocycles. The number of imide groups is 1. The lowest BCUT2D eigenvalue weighted by atomic mass is 9.94. The van der Waals surface area contributed by atoms with Crippen molar-refractivity contribution in [1.29, 1.82) is 0 Å². The molecule has 1 saturated carbocycles. The Bertz CT molecular complexity index is 361. The highest BCUT2D eigenvalue weighted by Crippen LogP contribution is 2.27. The molecule has 1 N–H and O–H groups in total. The maximum absolute atomic E-state index is 12.5. The van der Waals surface area contributed by atoms with Crippen LogP contribution in [0.5, 0.6) is 0 Å². The van der Waals surface area contributed by atoms with Gasteiger partial charge in [0.15, 0.2) is 0 Å². The molecule has 4 nitrogen and oxygen atoms in total. The second kappa shape index (κ2) is 6.70. The summed E-state index contributed by atoms with van der Waals surface area (Å²) in [6.45, 7) is 6.43.